The minimum Gasteiger partial charge on any atom is -0.298 e. The van der Waals surface area contributed by atoms with Gasteiger partial charge in [0.05, 0.1) is 10.2 Å². The first-order valence-corrected chi connectivity index (χ1v) is 9.02. The molecule has 0 bridgehead atoms. The number of carbonyl (C=O) groups excluding carboxylic acids is 1. The number of rotatable bonds is 3. The molecule has 1 aromatic heterocycles. The van der Waals surface area contributed by atoms with Crippen molar-refractivity contribution in [2.75, 3.05) is 11.6 Å². The number of anilines is 1. The molecule has 112 valence electrons. The van der Waals surface area contributed by atoms with E-state index in [0.29, 0.717) is 15.6 Å². The van der Waals surface area contributed by atoms with Crippen LogP contribution in [-0.2, 0) is 10.8 Å². The monoisotopic (exact) mass is 330 g/mol. The lowest BCUT2D eigenvalue weighted by Gasteiger charge is -2.02. The van der Waals surface area contributed by atoms with Gasteiger partial charge in [0.15, 0.2) is 5.13 Å². The van der Waals surface area contributed by atoms with Gasteiger partial charge in [-0.2, -0.15) is 0 Å². The van der Waals surface area contributed by atoms with Crippen molar-refractivity contribution in [2.24, 2.45) is 0 Å². The minimum atomic E-state index is -1.04. The molecule has 3 rings (SSSR count). The molecule has 0 aliphatic carbocycles. The number of thiazole rings is 1. The first-order chi connectivity index (χ1) is 10.5. The maximum absolute atomic E-state index is 12.2. The molecule has 1 heterocycles. The maximum atomic E-state index is 12.2. The largest absolute Gasteiger partial charge is 0.298 e. The van der Waals surface area contributed by atoms with Gasteiger partial charge in [-0.3, -0.25) is 14.3 Å². The lowest BCUT2D eigenvalue weighted by Crippen LogP contribution is -2.11. The third-order valence-corrected chi connectivity index (χ3v) is 5.08. The molecule has 0 radical (unpaired) electrons. The fourth-order valence-electron chi connectivity index (χ4n) is 2.05. The number of carbonyl (C=O) groups is 1. The van der Waals surface area contributed by atoms with Gasteiger partial charge < -0.3 is 0 Å². The minimum absolute atomic E-state index is 0.218. The third kappa shape index (κ3) is 3.08. The van der Waals surface area contributed by atoms with Crippen molar-refractivity contribution in [2.45, 2.75) is 11.8 Å². The first-order valence-electron chi connectivity index (χ1n) is 6.65. The molecule has 0 aliphatic rings. The van der Waals surface area contributed by atoms with Gasteiger partial charge in [0.2, 0.25) is 0 Å². The van der Waals surface area contributed by atoms with Crippen molar-refractivity contribution in [1.29, 1.82) is 0 Å². The van der Waals surface area contributed by atoms with Crippen molar-refractivity contribution < 1.29 is 9.00 Å². The SMILES string of the molecule is Cc1ccc2nc(NC(=O)c3ccc(S(C)=O)cc3)sc2c1. The molecular weight excluding hydrogens is 316 g/mol. The summed E-state index contributed by atoms with van der Waals surface area (Å²) in [7, 11) is -1.04. The number of amides is 1. The summed E-state index contributed by atoms with van der Waals surface area (Å²) in [6, 6.07) is 12.7. The summed E-state index contributed by atoms with van der Waals surface area (Å²) < 4.78 is 12.4. The summed E-state index contributed by atoms with van der Waals surface area (Å²) in [5.41, 5.74) is 2.56. The average molecular weight is 330 g/mol. The number of aromatic nitrogens is 1. The zero-order valence-electron chi connectivity index (χ0n) is 12.1. The van der Waals surface area contributed by atoms with E-state index in [1.165, 1.54) is 11.3 Å². The Morgan fingerprint density at radius 2 is 1.91 bits per heavy atom. The van der Waals surface area contributed by atoms with Gasteiger partial charge in [0.1, 0.15) is 0 Å². The molecule has 4 nitrogen and oxygen atoms in total. The van der Waals surface area contributed by atoms with Crippen LogP contribution in [0.1, 0.15) is 15.9 Å². The van der Waals surface area contributed by atoms with Gasteiger partial charge >= 0.3 is 0 Å². The predicted molar refractivity (Wildman–Crippen MR) is 91.1 cm³/mol. The summed E-state index contributed by atoms with van der Waals surface area (Å²) in [5, 5.41) is 3.39. The molecule has 6 heteroatoms. The van der Waals surface area contributed by atoms with Gasteiger partial charge in [0.25, 0.3) is 5.91 Å². The van der Waals surface area contributed by atoms with Crippen LogP contribution >= 0.6 is 11.3 Å². The summed E-state index contributed by atoms with van der Waals surface area (Å²) in [4.78, 5) is 17.3. The van der Waals surface area contributed by atoms with Crippen molar-refractivity contribution in [3.8, 4) is 0 Å². The van der Waals surface area contributed by atoms with E-state index in [1.807, 2.05) is 25.1 Å². The molecule has 1 N–H and O–H groups in total. The number of hydrogen-bond donors (Lipinski definition) is 1. The summed E-state index contributed by atoms with van der Waals surface area (Å²) >= 11 is 1.45. The van der Waals surface area contributed by atoms with Crippen LogP contribution < -0.4 is 5.32 Å². The quantitative estimate of drug-likeness (QED) is 0.798. The van der Waals surface area contributed by atoms with E-state index in [-0.39, 0.29) is 5.91 Å². The average Bonchev–Trinajstić information content (AvgIpc) is 2.88. The molecule has 0 saturated heterocycles. The second-order valence-electron chi connectivity index (χ2n) is 4.92. The van der Waals surface area contributed by atoms with Crippen LogP contribution in [0, 0.1) is 6.92 Å². The van der Waals surface area contributed by atoms with Crippen molar-refractivity contribution >= 4 is 43.4 Å². The van der Waals surface area contributed by atoms with Crippen LogP contribution in [0.4, 0.5) is 5.13 Å². The molecule has 3 aromatic rings. The van der Waals surface area contributed by atoms with Gasteiger partial charge in [-0.1, -0.05) is 17.4 Å². The number of fused-ring (bicyclic) bond motifs is 1. The summed E-state index contributed by atoms with van der Waals surface area (Å²) in [6.07, 6.45) is 1.61. The number of aryl methyl sites for hydroxylation is 1. The fraction of sp³-hybridized carbons (Fsp3) is 0.125. The van der Waals surface area contributed by atoms with Crippen LogP contribution in [0.3, 0.4) is 0 Å². The Hall–Kier alpha value is -2.05. The molecule has 0 aliphatic heterocycles. The first kappa shape index (κ1) is 14.9. The molecule has 1 amide bonds. The van der Waals surface area contributed by atoms with Gasteiger partial charge in [-0.25, -0.2) is 4.98 Å². The second-order valence-corrected chi connectivity index (χ2v) is 7.33. The zero-order chi connectivity index (χ0) is 15.7. The Bertz CT molecular complexity index is 869. The van der Waals surface area contributed by atoms with Gasteiger partial charge in [-0.05, 0) is 48.9 Å². The Morgan fingerprint density at radius 1 is 1.18 bits per heavy atom. The van der Waals surface area contributed by atoms with E-state index in [9.17, 15) is 9.00 Å². The van der Waals surface area contributed by atoms with E-state index in [1.54, 1.807) is 30.5 Å². The van der Waals surface area contributed by atoms with E-state index < -0.39 is 10.8 Å². The molecule has 0 spiro atoms. The van der Waals surface area contributed by atoms with Crippen LogP contribution in [0.2, 0.25) is 0 Å². The molecule has 1 atom stereocenters. The van der Waals surface area contributed by atoms with Crippen molar-refractivity contribution in [1.82, 2.24) is 4.98 Å². The van der Waals surface area contributed by atoms with Gasteiger partial charge in [0, 0.05) is 27.5 Å². The van der Waals surface area contributed by atoms with E-state index in [4.69, 9.17) is 0 Å². The number of nitrogens with one attached hydrogen (secondary N) is 1. The lowest BCUT2D eigenvalue weighted by molar-refractivity contribution is 0.102. The summed E-state index contributed by atoms with van der Waals surface area (Å²) in [6.45, 7) is 2.02. The molecule has 0 fully saturated rings. The van der Waals surface area contributed by atoms with Crippen LogP contribution in [0.15, 0.2) is 47.4 Å². The normalized spacial score (nSPS) is 12.3. The Morgan fingerprint density at radius 3 is 2.59 bits per heavy atom. The number of nitrogens with zero attached hydrogens (tertiary/aromatic N) is 1. The van der Waals surface area contributed by atoms with E-state index in [0.717, 1.165) is 15.8 Å². The molecular formula is C16H14N2O2S2. The Labute approximate surface area is 134 Å². The number of benzene rings is 2. The van der Waals surface area contributed by atoms with E-state index in [2.05, 4.69) is 10.3 Å². The maximum Gasteiger partial charge on any atom is 0.257 e. The van der Waals surface area contributed by atoms with Crippen LogP contribution in [-0.4, -0.2) is 21.4 Å². The highest BCUT2D eigenvalue weighted by Crippen LogP contribution is 2.27. The Balaban J connectivity index is 1.81. The number of hydrogen-bond acceptors (Lipinski definition) is 4. The molecule has 2 aromatic carbocycles. The highest BCUT2D eigenvalue weighted by Gasteiger charge is 2.10. The highest BCUT2D eigenvalue weighted by molar-refractivity contribution is 7.84. The topological polar surface area (TPSA) is 59.1 Å². The standard InChI is InChI=1S/C16H14N2O2S2/c1-10-3-8-13-14(9-10)21-16(17-13)18-15(19)11-4-6-12(7-5-11)22(2)20/h3-9H,1-2H3,(H,17,18,19). The highest BCUT2D eigenvalue weighted by atomic mass is 32.2. The second kappa shape index (κ2) is 5.98. The predicted octanol–water partition coefficient (Wildman–Crippen LogP) is 3.59. The molecule has 0 saturated carbocycles. The van der Waals surface area contributed by atoms with Gasteiger partial charge in [-0.15, -0.1) is 0 Å². The molecule has 22 heavy (non-hydrogen) atoms. The fourth-order valence-corrected chi connectivity index (χ4v) is 3.53. The zero-order valence-corrected chi connectivity index (χ0v) is 13.8. The molecule has 1 unspecified atom stereocenters. The van der Waals surface area contributed by atoms with Crippen LogP contribution in [0.5, 0.6) is 0 Å². The lowest BCUT2D eigenvalue weighted by atomic mass is 10.2. The summed E-state index contributed by atoms with van der Waals surface area (Å²) in [5.74, 6) is -0.218. The van der Waals surface area contributed by atoms with Crippen molar-refractivity contribution in [3.63, 3.8) is 0 Å². The Kier molecular flexibility index (Phi) is 4.04. The van der Waals surface area contributed by atoms with E-state index >= 15 is 0 Å². The third-order valence-electron chi connectivity index (χ3n) is 3.21. The van der Waals surface area contributed by atoms with Crippen LogP contribution in [0.25, 0.3) is 10.2 Å². The van der Waals surface area contributed by atoms with Crippen molar-refractivity contribution in [3.05, 3.63) is 53.6 Å². The smallest absolute Gasteiger partial charge is 0.257 e.